The number of aryl methyl sites for hydroxylation is 2. The Labute approximate surface area is 235 Å². The quantitative estimate of drug-likeness (QED) is 0.129. The van der Waals surface area contributed by atoms with Gasteiger partial charge in [0, 0.05) is 5.56 Å². The van der Waals surface area contributed by atoms with Crippen LogP contribution in [0.1, 0.15) is 38.1 Å². The number of aliphatic hydroxyl groups excluding tert-OH is 1. The second-order valence-corrected chi connectivity index (χ2v) is 9.74. The van der Waals surface area contributed by atoms with Crippen LogP contribution in [0.15, 0.2) is 54.6 Å². The number of thiazole rings is 1. The highest BCUT2D eigenvalue weighted by molar-refractivity contribution is 7.17. The first-order valence-electron chi connectivity index (χ1n) is 12.1. The highest BCUT2D eigenvalue weighted by Gasteiger charge is 2.48. The maximum Gasteiger partial charge on any atom is 0.350 e. The highest BCUT2D eigenvalue weighted by Crippen LogP contribution is 2.46. The predicted molar refractivity (Wildman–Crippen MR) is 149 cm³/mol. The molecule has 2 aromatic carbocycles. The standard InChI is InChI=1S/C29H28N2O8S/c1-7-12-39-28(35)26-16(3)30-29(40-26)31-23(17-8-11-20(37-5)21(14-17)38-6)22(25(33)27(31)34)24(32)19-10-9-18(36-4)13-15(19)2/h7-11,13-14,23,32H,1,12H2,2-6H3/t23-/m0/s1. The number of hydrogen-bond donors (Lipinski definition) is 1. The lowest BCUT2D eigenvalue weighted by Gasteiger charge is -2.24. The number of aliphatic hydroxyl groups is 1. The van der Waals surface area contributed by atoms with Crippen molar-refractivity contribution in [3.8, 4) is 17.2 Å². The zero-order valence-corrected chi connectivity index (χ0v) is 23.5. The lowest BCUT2D eigenvalue weighted by Crippen LogP contribution is -2.29. The Morgan fingerprint density at radius 1 is 1.07 bits per heavy atom. The molecular formula is C29H28N2O8S. The van der Waals surface area contributed by atoms with Crippen molar-refractivity contribution >= 4 is 39.9 Å². The van der Waals surface area contributed by atoms with Crippen LogP contribution in [0.2, 0.25) is 0 Å². The average Bonchev–Trinajstić information content (AvgIpc) is 3.46. The lowest BCUT2D eigenvalue weighted by molar-refractivity contribution is -0.132. The minimum atomic E-state index is -1.09. The van der Waals surface area contributed by atoms with Gasteiger partial charge in [0.1, 0.15) is 23.0 Å². The molecule has 11 heteroatoms. The fourth-order valence-electron chi connectivity index (χ4n) is 4.42. The number of amides is 1. The molecule has 0 saturated carbocycles. The third kappa shape index (κ3) is 5.03. The van der Waals surface area contributed by atoms with Gasteiger partial charge in [-0.1, -0.05) is 30.1 Å². The highest BCUT2D eigenvalue weighted by atomic mass is 32.1. The summed E-state index contributed by atoms with van der Waals surface area (Å²) >= 11 is 0.911. The van der Waals surface area contributed by atoms with E-state index in [4.69, 9.17) is 18.9 Å². The number of ketones is 1. The molecule has 0 bridgehead atoms. The fourth-order valence-corrected chi connectivity index (χ4v) is 5.40. The van der Waals surface area contributed by atoms with E-state index in [1.54, 1.807) is 50.2 Å². The van der Waals surface area contributed by atoms with Crippen molar-refractivity contribution in [1.82, 2.24) is 4.98 Å². The minimum absolute atomic E-state index is 0.00285. The summed E-state index contributed by atoms with van der Waals surface area (Å²) in [5.74, 6) is -1.45. The molecule has 40 heavy (non-hydrogen) atoms. The molecule has 2 heterocycles. The minimum Gasteiger partial charge on any atom is -0.507 e. The summed E-state index contributed by atoms with van der Waals surface area (Å²) in [6.45, 7) is 6.90. The molecule has 1 fully saturated rings. The van der Waals surface area contributed by atoms with Crippen LogP contribution >= 0.6 is 11.3 Å². The molecule has 1 saturated heterocycles. The van der Waals surface area contributed by atoms with Crippen molar-refractivity contribution in [3.05, 3.63) is 81.9 Å². The van der Waals surface area contributed by atoms with Crippen molar-refractivity contribution < 1.29 is 38.4 Å². The summed E-state index contributed by atoms with van der Waals surface area (Å²) in [5, 5.41) is 11.6. The molecule has 3 aromatic rings. The predicted octanol–water partition coefficient (Wildman–Crippen LogP) is 4.75. The monoisotopic (exact) mass is 564 g/mol. The molecule has 208 valence electrons. The number of nitrogens with zero attached hydrogens (tertiary/aromatic N) is 2. The van der Waals surface area contributed by atoms with Crippen LogP contribution in [0.4, 0.5) is 5.13 Å². The van der Waals surface area contributed by atoms with E-state index in [1.807, 2.05) is 0 Å². The van der Waals surface area contributed by atoms with Crippen LogP contribution in [-0.4, -0.2) is 55.7 Å². The van der Waals surface area contributed by atoms with Gasteiger partial charge in [0.15, 0.2) is 16.6 Å². The molecule has 0 aliphatic carbocycles. The summed E-state index contributed by atoms with van der Waals surface area (Å²) in [7, 11) is 4.47. The van der Waals surface area contributed by atoms with Gasteiger partial charge in [-0.15, -0.1) is 0 Å². The second kappa shape index (κ2) is 11.6. The number of ether oxygens (including phenoxy) is 4. The summed E-state index contributed by atoms with van der Waals surface area (Å²) in [6, 6.07) is 8.80. The van der Waals surface area contributed by atoms with E-state index in [0.717, 1.165) is 11.3 Å². The first-order valence-corrected chi connectivity index (χ1v) is 12.9. The van der Waals surface area contributed by atoms with Gasteiger partial charge < -0.3 is 24.1 Å². The molecule has 0 unspecified atom stereocenters. The van der Waals surface area contributed by atoms with Crippen LogP contribution in [0.5, 0.6) is 17.2 Å². The third-order valence-electron chi connectivity index (χ3n) is 6.37. The number of carbonyl (C=O) groups excluding carboxylic acids is 3. The Balaban J connectivity index is 1.94. The Bertz CT molecular complexity index is 1540. The summed E-state index contributed by atoms with van der Waals surface area (Å²) in [4.78, 5) is 45.5. The number of methoxy groups -OCH3 is 3. The molecule has 0 radical (unpaired) electrons. The van der Waals surface area contributed by atoms with E-state index in [-0.39, 0.29) is 27.9 Å². The topological polar surface area (TPSA) is 124 Å². The largest absolute Gasteiger partial charge is 0.507 e. The third-order valence-corrected chi connectivity index (χ3v) is 7.50. The summed E-state index contributed by atoms with van der Waals surface area (Å²) in [6.07, 6.45) is 1.44. The number of aromatic nitrogens is 1. The number of carbonyl (C=O) groups is 3. The number of Topliss-reactive ketones (excluding diaryl/α,β-unsaturated/α-hetero) is 1. The summed E-state index contributed by atoms with van der Waals surface area (Å²) in [5.41, 5.74) is 1.62. The molecule has 1 amide bonds. The molecule has 10 nitrogen and oxygen atoms in total. The van der Waals surface area contributed by atoms with E-state index in [1.165, 1.54) is 32.3 Å². The molecule has 1 atom stereocenters. The van der Waals surface area contributed by atoms with Crippen LogP contribution in [0.3, 0.4) is 0 Å². The number of rotatable bonds is 9. The number of hydrogen-bond acceptors (Lipinski definition) is 10. The molecule has 0 spiro atoms. The zero-order chi connectivity index (χ0) is 29.1. The van der Waals surface area contributed by atoms with Gasteiger partial charge in [0.05, 0.1) is 38.6 Å². The van der Waals surface area contributed by atoms with Crippen LogP contribution in [-0.2, 0) is 14.3 Å². The first kappa shape index (κ1) is 28.4. The number of esters is 1. The number of benzene rings is 2. The molecule has 4 rings (SSSR count). The maximum absolute atomic E-state index is 13.6. The van der Waals surface area contributed by atoms with Gasteiger partial charge in [-0.3, -0.25) is 14.5 Å². The first-order chi connectivity index (χ1) is 19.2. The average molecular weight is 565 g/mol. The van der Waals surface area contributed by atoms with Crippen LogP contribution < -0.4 is 19.1 Å². The normalized spacial score (nSPS) is 16.1. The summed E-state index contributed by atoms with van der Waals surface area (Å²) < 4.78 is 21.2. The molecule has 1 aliphatic heterocycles. The van der Waals surface area contributed by atoms with E-state index in [0.29, 0.717) is 39.6 Å². The smallest absolute Gasteiger partial charge is 0.350 e. The Kier molecular flexibility index (Phi) is 8.24. The van der Waals surface area contributed by atoms with Gasteiger partial charge >= 0.3 is 11.9 Å². The van der Waals surface area contributed by atoms with Crippen molar-refractivity contribution in [2.24, 2.45) is 0 Å². The van der Waals surface area contributed by atoms with Gasteiger partial charge in [-0.2, -0.15) is 0 Å². The van der Waals surface area contributed by atoms with Crippen molar-refractivity contribution in [3.63, 3.8) is 0 Å². The number of anilines is 1. The molecule has 1 aromatic heterocycles. The van der Waals surface area contributed by atoms with E-state index >= 15 is 0 Å². The Hall–Kier alpha value is -4.64. The van der Waals surface area contributed by atoms with Gasteiger partial charge in [0.25, 0.3) is 5.78 Å². The van der Waals surface area contributed by atoms with Crippen molar-refractivity contribution in [2.75, 3.05) is 32.8 Å². The molecule has 1 N–H and O–H groups in total. The molecule has 1 aliphatic rings. The Morgan fingerprint density at radius 2 is 1.80 bits per heavy atom. The van der Waals surface area contributed by atoms with Gasteiger partial charge in [-0.25, -0.2) is 9.78 Å². The van der Waals surface area contributed by atoms with Crippen molar-refractivity contribution in [2.45, 2.75) is 19.9 Å². The lowest BCUT2D eigenvalue weighted by atomic mass is 9.93. The fraction of sp³-hybridized carbons (Fsp3) is 0.241. The molecular weight excluding hydrogens is 536 g/mol. The van der Waals surface area contributed by atoms with Crippen LogP contribution in [0.25, 0.3) is 5.76 Å². The second-order valence-electron chi connectivity index (χ2n) is 8.76. The van der Waals surface area contributed by atoms with E-state index < -0.39 is 23.7 Å². The van der Waals surface area contributed by atoms with Gasteiger partial charge in [0.2, 0.25) is 0 Å². The maximum atomic E-state index is 13.6. The van der Waals surface area contributed by atoms with E-state index in [2.05, 4.69) is 11.6 Å². The Morgan fingerprint density at radius 3 is 2.42 bits per heavy atom. The van der Waals surface area contributed by atoms with E-state index in [9.17, 15) is 19.5 Å². The SMILES string of the molecule is C=CCOC(=O)c1sc(N2C(=O)C(=O)C(=C(O)c3ccc(OC)cc3C)[C@@H]2c2ccc(OC)c(OC)c2)nc1C. The zero-order valence-electron chi connectivity index (χ0n) is 22.6. The van der Waals surface area contributed by atoms with Crippen LogP contribution in [0, 0.1) is 13.8 Å². The van der Waals surface area contributed by atoms with Gasteiger partial charge in [-0.05, 0) is 55.3 Å². The van der Waals surface area contributed by atoms with Crippen molar-refractivity contribution in [1.29, 1.82) is 0 Å².